The van der Waals surface area contributed by atoms with Gasteiger partial charge in [-0.3, -0.25) is 5.01 Å². The molecule has 0 unspecified atom stereocenters. The predicted molar refractivity (Wildman–Crippen MR) is 63.0 cm³/mol. The van der Waals surface area contributed by atoms with Gasteiger partial charge in [0, 0.05) is 25.7 Å². The van der Waals surface area contributed by atoms with Crippen LogP contribution in [0.1, 0.15) is 6.42 Å². The van der Waals surface area contributed by atoms with Crippen molar-refractivity contribution in [3.05, 3.63) is 42.6 Å². The Morgan fingerprint density at radius 2 is 2.12 bits per heavy atom. The van der Waals surface area contributed by atoms with Gasteiger partial charge in [-0.25, -0.2) is 5.01 Å². The van der Waals surface area contributed by atoms with E-state index in [1.54, 1.807) is 0 Å². The molecule has 1 aliphatic heterocycles. The maximum atomic E-state index is 8.54. The first-order valence-corrected chi connectivity index (χ1v) is 5.29. The molecular weight excluding hydrogens is 200 g/mol. The van der Waals surface area contributed by atoms with Crippen molar-refractivity contribution in [2.75, 3.05) is 18.1 Å². The molecule has 16 heavy (non-hydrogen) atoms. The van der Waals surface area contributed by atoms with Crippen molar-refractivity contribution in [2.24, 2.45) is 0 Å². The fourth-order valence-electron chi connectivity index (χ4n) is 1.56. The summed E-state index contributed by atoms with van der Waals surface area (Å²) in [5.41, 5.74) is 4.32. The summed E-state index contributed by atoms with van der Waals surface area (Å²) in [7, 11) is 0. The zero-order valence-electron chi connectivity index (χ0n) is 9.00. The normalized spacial score (nSPS) is 16.1. The zero-order valence-corrected chi connectivity index (χ0v) is 9.00. The number of nitrogens with one attached hydrogen (secondary N) is 1. The Kier molecular flexibility index (Phi) is 3.54. The molecule has 0 aliphatic carbocycles. The van der Waals surface area contributed by atoms with E-state index in [1.165, 1.54) is 0 Å². The highest BCUT2D eigenvalue weighted by Gasteiger charge is 2.11. The molecule has 0 saturated heterocycles. The number of para-hydroxylation sites is 1. The first-order chi connectivity index (χ1) is 7.90. The van der Waals surface area contributed by atoms with E-state index in [0.29, 0.717) is 6.42 Å². The topological polar surface area (TPSA) is 42.3 Å². The minimum Gasteiger partial charge on any atom is -0.271 e. The number of hydrazine groups is 2. The Bertz CT molecular complexity index is 393. The van der Waals surface area contributed by atoms with E-state index in [4.69, 9.17) is 5.26 Å². The van der Waals surface area contributed by atoms with E-state index in [2.05, 4.69) is 17.7 Å². The first kappa shape index (κ1) is 10.7. The third-order valence-corrected chi connectivity index (χ3v) is 2.36. The third-order valence-electron chi connectivity index (χ3n) is 2.36. The van der Waals surface area contributed by atoms with Crippen LogP contribution in [0.2, 0.25) is 0 Å². The van der Waals surface area contributed by atoms with Gasteiger partial charge in [0.25, 0.3) is 0 Å². The summed E-state index contributed by atoms with van der Waals surface area (Å²) in [5, 5.41) is 12.5. The molecule has 4 nitrogen and oxygen atoms in total. The average molecular weight is 214 g/mol. The van der Waals surface area contributed by atoms with Crippen molar-refractivity contribution < 1.29 is 0 Å². The van der Waals surface area contributed by atoms with Gasteiger partial charge >= 0.3 is 0 Å². The lowest BCUT2D eigenvalue weighted by Crippen LogP contribution is -2.50. The molecule has 0 aromatic heterocycles. The zero-order chi connectivity index (χ0) is 11.2. The number of nitrogens with zero attached hydrogens (tertiary/aromatic N) is 3. The molecule has 0 bridgehead atoms. The quantitative estimate of drug-likeness (QED) is 0.831. The fraction of sp³-hybridized carbons (Fsp3) is 0.250. The Morgan fingerprint density at radius 1 is 1.31 bits per heavy atom. The summed E-state index contributed by atoms with van der Waals surface area (Å²) < 4.78 is 0. The van der Waals surface area contributed by atoms with Crippen LogP contribution in [-0.4, -0.2) is 18.1 Å². The van der Waals surface area contributed by atoms with Gasteiger partial charge < -0.3 is 0 Å². The molecule has 0 fully saturated rings. The highest BCUT2D eigenvalue weighted by molar-refractivity contribution is 5.47. The Labute approximate surface area is 95.3 Å². The van der Waals surface area contributed by atoms with Gasteiger partial charge in [0.1, 0.15) is 0 Å². The van der Waals surface area contributed by atoms with E-state index in [1.807, 2.05) is 46.5 Å². The van der Waals surface area contributed by atoms with Crippen molar-refractivity contribution in [3.63, 3.8) is 0 Å². The van der Waals surface area contributed by atoms with Gasteiger partial charge in [-0.05, 0) is 12.1 Å². The summed E-state index contributed by atoms with van der Waals surface area (Å²) >= 11 is 0. The third kappa shape index (κ3) is 2.60. The molecule has 0 atom stereocenters. The summed E-state index contributed by atoms with van der Waals surface area (Å²) in [5.74, 6) is 0. The lowest BCUT2D eigenvalue weighted by Gasteiger charge is -2.32. The molecule has 1 aromatic carbocycles. The molecule has 1 heterocycles. The van der Waals surface area contributed by atoms with Gasteiger partial charge in [-0.2, -0.15) is 10.8 Å². The van der Waals surface area contributed by atoms with E-state index in [0.717, 1.165) is 18.8 Å². The summed E-state index contributed by atoms with van der Waals surface area (Å²) in [6.45, 7) is 1.55. The number of hydrogen-bond acceptors (Lipinski definition) is 4. The van der Waals surface area contributed by atoms with Gasteiger partial charge in [-0.1, -0.05) is 24.3 Å². The van der Waals surface area contributed by atoms with E-state index < -0.39 is 0 Å². The van der Waals surface area contributed by atoms with Crippen molar-refractivity contribution in [3.8, 4) is 6.07 Å². The van der Waals surface area contributed by atoms with Gasteiger partial charge in [-0.15, -0.1) is 0 Å². The summed E-state index contributed by atoms with van der Waals surface area (Å²) in [6.07, 6.45) is 4.60. The molecule has 1 aromatic rings. The van der Waals surface area contributed by atoms with Crippen molar-refractivity contribution in [1.29, 1.82) is 5.26 Å². The fourth-order valence-corrected chi connectivity index (χ4v) is 1.56. The number of rotatable bonds is 3. The van der Waals surface area contributed by atoms with Crippen LogP contribution in [0.4, 0.5) is 5.69 Å². The smallest absolute Gasteiger partial charge is 0.0635 e. The molecule has 82 valence electrons. The predicted octanol–water partition coefficient (Wildman–Crippen LogP) is 1.66. The Morgan fingerprint density at radius 3 is 2.88 bits per heavy atom. The monoisotopic (exact) mass is 214 g/mol. The lowest BCUT2D eigenvalue weighted by atomic mass is 10.3. The second-order valence-corrected chi connectivity index (χ2v) is 3.54. The van der Waals surface area contributed by atoms with E-state index in [9.17, 15) is 0 Å². The summed E-state index contributed by atoms with van der Waals surface area (Å²) in [4.78, 5) is 0. The van der Waals surface area contributed by atoms with Crippen LogP contribution >= 0.6 is 0 Å². The second-order valence-electron chi connectivity index (χ2n) is 3.54. The number of anilines is 1. The largest absolute Gasteiger partial charge is 0.271 e. The van der Waals surface area contributed by atoms with Crippen LogP contribution in [0.3, 0.4) is 0 Å². The molecule has 0 radical (unpaired) electrons. The molecule has 0 spiro atoms. The number of benzene rings is 1. The second kappa shape index (κ2) is 5.31. The molecule has 2 rings (SSSR count). The van der Waals surface area contributed by atoms with Crippen LogP contribution in [0.25, 0.3) is 0 Å². The maximum Gasteiger partial charge on any atom is 0.0635 e. The van der Waals surface area contributed by atoms with Crippen LogP contribution in [-0.2, 0) is 0 Å². The Balaban J connectivity index is 2.00. The summed E-state index contributed by atoms with van der Waals surface area (Å²) in [6, 6.07) is 12.2. The first-order valence-electron chi connectivity index (χ1n) is 5.29. The van der Waals surface area contributed by atoms with E-state index in [-0.39, 0.29) is 0 Å². The molecule has 4 heteroatoms. The Hall–Kier alpha value is -1.83. The SMILES string of the molecule is N#CCCN1CC=CN(c2ccccc2)N1. The standard InChI is InChI=1S/C12H14N4/c13-8-4-9-15-10-5-11-16(14-15)12-6-2-1-3-7-12/h1-3,5-7,11,14H,4,9-10H2. The van der Waals surface area contributed by atoms with Crippen LogP contribution in [0.5, 0.6) is 0 Å². The van der Waals surface area contributed by atoms with Gasteiger partial charge in [0.2, 0.25) is 0 Å². The molecule has 1 aliphatic rings. The molecule has 0 saturated carbocycles. The highest BCUT2D eigenvalue weighted by atomic mass is 15.8. The lowest BCUT2D eigenvalue weighted by molar-refractivity contribution is 0.204. The average Bonchev–Trinajstić information content (AvgIpc) is 2.38. The van der Waals surface area contributed by atoms with Gasteiger partial charge in [0.15, 0.2) is 0 Å². The van der Waals surface area contributed by atoms with Crippen molar-refractivity contribution >= 4 is 5.69 Å². The van der Waals surface area contributed by atoms with Crippen LogP contribution < -0.4 is 10.5 Å². The van der Waals surface area contributed by atoms with Gasteiger partial charge in [0.05, 0.1) is 11.8 Å². The minimum atomic E-state index is 0.531. The van der Waals surface area contributed by atoms with Crippen LogP contribution in [0.15, 0.2) is 42.6 Å². The van der Waals surface area contributed by atoms with Crippen LogP contribution in [0, 0.1) is 11.3 Å². The van der Waals surface area contributed by atoms with E-state index >= 15 is 0 Å². The maximum absolute atomic E-state index is 8.54. The minimum absolute atomic E-state index is 0.531. The highest BCUT2D eigenvalue weighted by Crippen LogP contribution is 2.13. The number of nitriles is 1. The number of hydrogen-bond donors (Lipinski definition) is 1. The van der Waals surface area contributed by atoms with Crippen molar-refractivity contribution in [1.82, 2.24) is 10.5 Å². The molecule has 0 amide bonds. The van der Waals surface area contributed by atoms with Crippen molar-refractivity contribution in [2.45, 2.75) is 6.42 Å². The molecular formula is C12H14N4. The molecule has 1 N–H and O–H groups in total.